The Bertz CT molecular complexity index is 678. The Kier molecular flexibility index (Phi) is 3.44. The molecule has 1 heterocycles. The molecule has 0 saturated carbocycles. The molecule has 0 aliphatic heterocycles. The molecule has 0 atom stereocenters. The summed E-state index contributed by atoms with van der Waals surface area (Å²) in [5.41, 5.74) is 0. The molecule has 1 aromatic carbocycles. The van der Waals surface area contributed by atoms with Gasteiger partial charge in [0, 0.05) is 12.4 Å². The smallest absolute Gasteiger partial charge is 0.261 e. The minimum absolute atomic E-state index is 0.0857. The number of halogens is 2. The molecule has 0 bridgehead atoms. The molecule has 0 saturated heterocycles. The molecule has 0 aliphatic rings. The third kappa shape index (κ3) is 2.74. The first-order chi connectivity index (χ1) is 8.49. The fourth-order valence-electron chi connectivity index (χ4n) is 1.21. The van der Waals surface area contributed by atoms with E-state index in [1.165, 1.54) is 24.5 Å². The third-order valence-electron chi connectivity index (χ3n) is 1.99. The summed E-state index contributed by atoms with van der Waals surface area (Å²) in [5, 5.41) is -0.0857. The van der Waals surface area contributed by atoms with Gasteiger partial charge < -0.3 is 0 Å². The summed E-state index contributed by atoms with van der Waals surface area (Å²) in [6, 6.07) is 4.60. The van der Waals surface area contributed by atoms with Crippen molar-refractivity contribution >= 4 is 27.4 Å². The van der Waals surface area contributed by atoms with E-state index in [0.717, 1.165) is 12.1 Å². The van der Waals surface area contributed by atoms with E-state index in [1.807, 2.05) is 0 Å². The lowest BCUT2D eigenvalue weighted by Gasteiger charge is -2.07. The molecule has 1 N–H and O–H groups in total. The number of hydrogen-bond donors (Lipinski definition) is 1. The Morgan fingerprint density at radius 1 is 1.22 bits per heavy atom. The minimum atomic E-state index is -3.94. The maximum Gasteiger partial charge on any atom is 0.263 e. The number of rotatable bonds is 3. The molecule has 0 spiro atoms. The van der Waals surface area contributed by atoms with Gasteiger partial charge in [-0.25, -0.2) is 22.8 Å². The van der Waals surface area contributed by atoms with Crippen LogP contribution in [0.15, 0.2) is 41.6 Å². The lowest BCUT2D eigenvalue weighted by molar-refractivity contribution is 0.595. The molecule has 0 radical (unpaired) electrons. The summed E-state index contributed by atoms with van der Waals surface area (Å²) < 4.78 is 38.9. The van der Waals surface area contributed by atoms with E-state index in [-0.39, 0.29) is 15.9 Å². The van der Waals surface area contributed by atoms with Crippen LogP contribution >= 0.6 is 11.6 Å². The Balaban J connectivity index is 2.37. The van der Waals surface area contributed by atoms with Crippen molar-refractivity contribution < 1.29 is 12.8 Å². The van der Waals surface area contributed by atoms with Gasteiger partial charge >= 0.3 is 0 Å². The Hall–Kier alpha value is -1.73. The summed E-state index contributed by atoms with van der Waals surface area (Å²) in [6.07, 6.45) is 2.61. The van der Waals surface area contributed by atoms with Crippen LogP contribution in [-0.2, 0) is 10.0 Å². The van der Waals surface area contributed by atoms with Crippen LogP contribution in [0.1, 0.15) is 0 Å². The van der Waals surface area contributed by atoms with E-state index >= 15 is 0 Å². The van der Waals surface area contributed by atoms with E-state index in [9.17, 15) is 12.8 Å². The Labute approximate surface area is 108 Å². The first kappa shape index (κ1) is 12.7. The topological polar surface area (TPSA) is 72.0 Å². The van der Waals surface area contributed by atoms with Crippen LogP contribution in [0.2, 0.25) is 5.15 Å². The molecule has 0 aliphatic carbocycles. The van der Waals surface area contributed by atoms with Crippen molar-refractivity contribution in [1.29, 1.82) is 0 Å². The van der Waals surface area contributed by atoms with Crippen molar-refractivity contribution in [2.24, 2.45) is 0 Å². The van der Waals surface area contributed by atoms with Crippen molar-refractivity contribution in [1.82, 2.24) is 9.97 Å². The second-order valence-electron chi connectivity index (χ2n) is 3.26. The fourth-order valence-corrected chi connectivity index (χ4v) is 2.47. The average molecular weight is 288 g/mol. The van der Waals surface area contributed by atoms with E-state index in [0.29, 0.717) is 0 Å². The molecule has 18 heavy (non-hydrogen) atoms. The van der Waals surface area contributed by atoms with Crippen LogP contribution in [0, 0.1) is 5.82 Å². The summed E-state index contributed by atoms with van der Waals surface area (Å²) in [7, 11) is -3.94. The molecular weight excluding hydrogens is 281 g/mol. The highest BCUT2D eigenvalue weighted by Gasteiger charge is 2.17. The van der Waals surface area contributed by atoms with Gasteiger partial charge in [0.2, 0.25) is 0 Å². The maximum absolute atomic E-state index is 13.0. The van der Waals surface area contributed by atoms with Gasteiger partial charge in [0.05, 0.1) is 4.90 Å². The first-order valence-corrected chi connectivity index (χ1v) is 6.60. The van der Waals surface area contributed by atoms with E-state index in [4.69, 9.17) is 11.6 Å². The predicted octanol–water partition coefficient (Wildman–Crippen LogP) is 2.07. The van der Waals surface area contributed by atoms with Crippen LogP contribution in [0.3, 0.4) is 0 Å². The predicted molar refractivity (Wildman–Crippen MR) is 64.3 cm³/mol. The molecular formula is C10H7ClFN3O2S. The van der Waals surface area contributed by atoms with Crippen LogP contribution in [0.4, 0.5) is 10.2 Å². The number of nitrogens with one attached hydrogen (secondary N) is 1. The zero-order valence-electron chi connectivity index (χ0n) is 8.84. The zero-order chi connectivity index (χ0) is 13.2. The first-order valence-electron chi connectivity index (χ1n) is 4.74. The van der Waals surface area contributed by atoms with Gasteiger partial charge in [0.15, 0.2) is 11.0 Å². The summed E-state index contributed by atoms with van der Waals surface area (Å²) in [6.45, 7) is 0. The number of sulfonamides is 1. The molecule has 1 aromatic heterocycles. The lowest BCUT2D eigenvalue weighted by atomic mass is 10.4. The number of anilines is 1. The monoisotopic (exact) mass is 287 g/mol. The highest BCUT2D eigenvalue weighted by molar-refractivity contribution is 7.92. The van der Waals surface area contributed by atoms with Crippen LogP contribution in [0.25, 0.3) is 0 Å². The van der Waals surface area contributed by atoms with Crippen LogP contribution in [0.5, 0.6) is 0 Å². The van der Waals surface area contributed by atoms with Gasteiger partial charge in [-0.05, 0) is 18.2 Å². The molecule has 0 amide bonds. The summed E-state index contributed by atoms with van der Waals surface area (Å²) in [4.78, 5) is 7.19. The molecule has 2 rings (SSSR count). The van der Waals surface area contributed by atoms with Crippen molar-refractivity contribution in [2.45, 2.75) is 4.90 Å². The number of nitrogens with zero attached hydrogens (tertiary/aromatic N) is 2. The Morgan fingerprint density at radius 2 is 1.94 bits per heavy atom. The van der Waals surface area contributed by atoms with Crippen molar-refractivity contribution in [3.05, 3.63) is 47.6 Å². The second kappa shape index (κ2) is 4.87. The molecule has 5 nitrogen and oxygen atoms in total. The molecule has 8 heteroatoms. The highest BCUT2D eigenvalue weighted by Crippen LogP contribution is 2.19. The van der Waals surface area contributed by atoms with E-state index in [2.05, 4.69) is 14.7 Å². The van der Waals surface area contributed by atoms with Gasteiger partial charge in [0.1, 0.15) is 5.82 Å². The largest absolute Gasteiger partial charge is 0.263 e. The van der Waals surface area contributed by atoms with Gasteiger partial charge in [-0.3, -0.25) is 4.72 Å². The molecule has 94 valence electrons. The fraction of sp³-hybridized carbons (Fsp3) is 0. The number of aromatic nitrogens is 2. The van der Waals surface area contributed by atoms with E-state index in [1.54, 1.807) is 0 Å². The van der Waals surface area contributed by atoms with Crippen LogP contribution in [-0.4, -0.2) is 18.4 Å². The van der Waals surface area contributed by atoms with Gasteiger partial charge in [-0.1, -0.05) is 17.7 Å². The van der Waals surface area contributed by atoms with Crippen molar-refractivity contribution in [3.8, 4) is 0 Å². The van der Waals surface area contributed by atoms with Crippen LogP contribution < -0.4 is 4.72 Å². The quantitative estimate of drug-likeness (QED) is 0.938. The van der Waals surface area contributed by atoms with E-state index < -0.39 is 15.8 Å². The standard InChI is InChI=1S/C10H7ClFN3O2S/c11-9-10(14-5-4-13-9)15-18(16,17)8-3-1-2-7(12)6-8/h1-6H,(H,14,15). The van der Waals surface area contributed by atoms with Gasteiger partial charge in [-0.15, -0.1) is 0 Å². The van der Waals surface area contributed by atoms with Crippen molar-refractivity contribution in [2.75, 3.05) is 4.72 Å². The normalized spacial score (nSPS) is 11.2. The summed E-state index contributed by atoms with van der Waals surface area (Å²) in [5.74, 6) is -0.758. The highest BCUT2D eigenvalue weighted by atomic mass is 35.5. The third-order valence-corrected chi connectivity index (χ3v) is 3.60. The number of benzene rings is 1. The number of hydrogen-bond acceptors (Lipinski definition) is 4. The lowest BCUT2D eigenvalue weighted by Crippen LogP contribution is -2.14. The zero-order valence-corrected chi connectivity index (χ0v) is 10.4. The molecule has 2 aromatic rings. The molecule has 0 unspecified atom stereocenters. The maximum atomic E-state index is 13.0. The molecule has 0 fully saturated rings. The SMILES string of the molecule is O=S(=O)(Nc1nccnc1Cl)c1cccc(F)c1. The van der Waals surface area contributed by atoms with Gasteiger partial charge in [-0.2, -0.15) is 0 Å². The van der Waals surface area contributed by atoms with Crippen molar-refractivity contribution in [3.63, 3.8) is 0 Å². The Morgan fingerprint density at radius 3 is 2.61 bits per heavy atom. The second-order valence-corrected chi connectivity index (χ2v) is 5.30. The minimum Gasteiger partial charge on any atom is -0.261 e. The average Bonchev–Trinajstić information content (AvgIpc) is 2.32. The van der Waals surface area contributed by atoms with Gasteiger partial charge in [0.25, 0.3) is 10.0 Å². The summed E-state index contributed by atoms with van der Waals surface area (Å²) >= 11 is 5.67.